The van der Waals surface area contributed by atoms with Crippen molar-refractivity contribution in [3.05, 3.63) is 43.1 Å². The van der Waals surface area contributed by atoms with Gasteiger partial charge in [-0.25, -0.2) is 8.80 Å². The minimum absolute atomic E-state index is 0.0516. The van der Waals surface area contributed by atoms with Crippen LogP contribution in [0, 0.1) is 0 Å². The highest BCUT2D eigenvalue weighted by Gasteiger charge is 2.14. The van der Waals surface area contributed by atoms with Gasteiger partial charge in [-0.05, 0) is 25.0 Å². The summed E-state index contributed by atoms with van der Waals surface area (Å²) in [5, 5.41) is 16.9. The van der Waals surface area contributed by atoms with Crippen molar-refractivity contribution in [1.29, 1.82) is 0 Å². The number of carbonyl (C=O) groups excluding carboxylic acids is 2. The maximum absolute atomic E-state index is 12.7. The zero-order valence-electron chi connectivity index (χ0n) is 19.1. The topological polar surface area (TPSA) is 160 Å². The lowest BCUT2D eigenvalue weighted by Crippen LogP contribution is -2.27. The summed E-state index contributed by atoms with van der Waals surface area (Å²) in [6.07, 6.45) is 6.81. The number of nitrogens with zero attached hydrogens (tertiary/aromatic N) is 6. The van der Waals surface area contributed by atoms with Gasteiger partial charge in [0.1, 0.15) is 33.9 Å². The average molecular weight is 467 g/mol. The Hall–Kier alpha value is -3.96. The highest BCUT2D eigenvalue weighted by molar-refractivity contribution is 5.83. The largest absolute Gasteiger partial charge is 0.319 e. The summed E-state index contributed by atoms with van der Waals surface area (Å²) >= 11 is 0. The predicted octanol–water partition coefficient (Wildman–Crippen LogP) is -0.549. The summed E-state index contributed by atoms with van der Waals surface area (Å²) in [6.45, 7) is 3.56. The first kappa shape index (κ1) is 23.2. The van der Waals surface area contributed by atoms with Crippen LogP contribution < -0.4 is 21.8 Å². The Balaban J connectivity index is 1.43. The molecule has 12 heteroatoms. The molecule has 4 heterocycles. The fraction of sp³-hybridized carbons (Fsp3) is 0.455. The third kappa shape index (κ3) is 4.56. The highest BCUT2D eigenvalue weighted by Crippen LogP contribution is 2.06. The number of hydrogen-bond acceptors (Lipinski definition) is 8. The molecular weight excluding hydrogens is 440 g/mol. The molecule has 0 aromatic carbocycles. The van der Waals surface area contributed by atoms with E-state index in [2.05, 4.69) is 30.4 Å². The van der Waals surface area contributed by atoms with Crippen molar-refractivity contribution in [2.45, 2.75) is 65.2 Å². The minimum atomic E-state index is -0.272. The number of hydrogen-bond donors (Lipinski definition) is 2. The van der Waals surface area contributed by atoms with Gasteiger partial charge < -0.3 is 9.97 Å². The standard InChI is InChI=1S/C22H26N8O4/c1-3-13(31)9-11-15-19(33)29-17(25-27-21(29)23-15)7-5-6-8-18-26-28-22-24-16(20(34)30(18)22)12-10-14(32)4-2/h11-12H,3-10H2,1-2H3,(H,23,27)(H,24,28)/b15-11-,16-12-. The summed E-state index contributed by atoms with van der Waals surface area (Å²) in [6, 6.07) is 0. The normalized spacial score (nSPS) is 13.0. The molecule has 0 saturated heterocycles. The summed E-state index contributed by atoms with van der Waals surface area (Å²) in [7, 11) is 0. The maximum atomic E-state index is 12.7. The first-order chi connectivity index (χ1) is 16.4. The van der Waals surface area contributed by atoms with Gasteiger partial charge in [0.25, 0.3) is 11.1 Å². The van der Waals surface area contributed by atoms with Crippen molar-refractivity contribution in [1.82, 2.24) is 39.2 Å². The summed E-state index contributed by atoms with van der Waals surface area (Å²) in [5.41, 5.74) is -0.543. The Morgan fingerprint density at radius 3 is 1.53 bits per heavy atom. The van der Waals surface area contributed by atoms with Crippen LogP contribution in [-0.4, -0.2) is 50.7 Å². The maximum Gasteiger partial charge on any atom is 0.282 e. The van der Waals surface area contributed by atoms with Gasteiger partial charge in [-0.1, -0.05) is 13.8 Å². The fourth-order valence-corrected chi connectivity index (χ4v) is 3.70. The van der Waals surface area contributed by atoms with Crippen LogP contribution in [-0.2, 0) is 22.4 Å². The molecule has 2 N–H and O–H groups in total. The third-order valence-electron chi connectivity index (χ3n) is 5.73. The lowest BCUT2D eigenvalue weighted by Gasteiger charge is -1.98. The van der Waals surface area contributed by atoms with Gasteiger partial charge in [0, 0.05) is 38.5 Å². The van der Waals surface area contributed by atoms with Crippen molar-refractivity contribution < 1.29 is 9.59 Å². The van der Waals surface area contributed by atoms with Gasteiger partial charge in [-0.2, -0.15) is 0 Å². The number of Topliss-reactive ketones (excluding diaryl/α,β-unsaturated/α-hetero) is 2. The Kier molecular flexibility index (Phi) is 6.75. The number of unbranched alkanes of at least 4 members (excludes halogenated alkanes) is 1. The van der Waals surface area contributed by atoms with Gasteiger partial charge in [0.15, 0.2) is 0 Å². The number of imidazole rings is 2. The fourth-order valence-electron chi connectivity index (χ4n) is 3.70. The van der Waals surface area contributed by atoms with Crippen LogP contribution in [0.4, 0.5) is 0 Å². The number of nitrogens with one attached hydrogen (secondary N) is 2. The van der Waals surface area contributed by atoms with Crippen molar-refractivity contribution in [2.24, 2.45) is 0 Å². The molecule has 0 aliphatic heterocycles. The van der Waals surface area contributed by atoms with E-state index >= 15 is 0 Å². The molecule has 12 nitrogen and oxygen atoms in total. The van der Waals surface area contributed by atoms with E-state index in [1.807, 2.05) is 0 Å². The predicted molar refractivity (Wildman–Crippen MR) is 123 cm³/mol. The van der Waals surface area contributed by atoms with Gasteiger partial charge in [-0.15, -0.1) is 20.4 Å². The molecule has 0 saturated carbocycles. The second-order valence-corrected chi connectivity index (χ2v) is 8.05. The summed E-state index contributed by atoms with van der Waals surface area (Å²) in [4.78, 5) is 54.2. The quantitative estimate of drug-likeness (QED) is 0.278. The number of rotatable bonds is 11. The molecule has 0 bridgehead atoms. The van der Waals surface area contributed by atoms with Crippen LogP contribution in [0.5, 0.6) is 0 Å². The third-order valence-corrected chi connectivity index (χ3v) is 5.73. The lowest BCUT2D eigenvalue weighted by molar-refractivity contribution is -0.118. The number of ketones is 2. The Labute approximate surface area is 192 Å². The summed E-state index contributed by atoms with van der Waals surface area (Å²) < 4.78 is 2.86. The molecule has 34 heavy (non-hydrogen) atoms. The molecule has 0 aliphatic rings. The Bertz CT molecular complexity index is 1450. The van der Waals surface area contributed by atoms with E-state index in [4.69, 9.17) is 0 Å². The Morgan fingerprint density at radius 2 is 1.15 bits per heavy atom. The van der Waals surface area contributed by atoms with Crippen LogP contribution in [0.3, 0.4) is 0 Å². The second-order valence-electron chi connectivity index (χ2n) is 8.05. The first-order valence-electron chi connectivity index (χ1n) is 11.4. The van der Waals surface area contributed by atoms with Crippen LogP contribution >= 0.6 is 0 Å². The molecule has 178 valence electrons. The number of aromatic nitrogens is 8. The molecule has 0 fully saturated rings. The number of H-pyrrole nitrogens is 2. The number of aryl methyl sites for hydroxylation is 2. The smallest absolute Gasteiger partial charge is 0.282 e. The van der Waals surface area contributed by atoms with E-state index in [1.165, 1.54) is 8.80 Å². The van der Waals surface area contributed by atoms with Gasteiger partial charge in [-0.3, -0.25) is 19.2 Å². The molecule has 0 unspecified atom stereocenters. The number of fused-ring (bicyclic) bond motifs is 2. The molecule has 4 aromatic heterocycles. The summed E-state index contributed by atoms with van der Waals surface area (Å²) in [5.74, 6) is 1.87. The van der Waals surface area contributed by atoms with E-state index in [1.54, 1.807) is 26.0 Å². The van der Waals surface area contributed by atoms with E-state index < -0.39 is 0 Å². The Morgan fingerprint density at radius 1 is 0.735 bits per heavy atom. The zero-order chi connectivity index (χ0) is 24.2. The van der Waals surface area contributed by atoms with Crippen molar-refractivity contribution >= 4 is 35.3 Å². The highest BCUT2D eigenvalue weighted by atomic mass is 16.1. The minimum Gasteiger partial charge on any atom is -0.319 e. The van der Waals surface area contributed by atoms with Crippen molar-refractivity contribution in [3.8, 4) is 0 Å². The monoisotopic (exact) mass is 466 g/mol. The lowest BCUT2D eigenvalue weighted by atomic mass is 10.2. The average Bonchev–Trinajstić information content (AvgIpc) is 3.57. The number of carbonyl (C=O) groups is 2. The molecule has 4 aromatic rings. The zero-order valence-corrected chi connectivity index (χ0v) is 19.1. The molecular formula is C22H26N8O4. The van der Waals surface area contributed by atoms with Crippen molar-refractivity contribution in [2.75, 3.05) is 0 Å². The van der Waals surface area contributed by atoms with Crippen LogP contribution in [0.1, 0.15) is 64.0 Å². The van der Waals surface area contributed by atoms with Gasteiger partial charge in [0.05, 0.1) is 0 Å². The van der Waals surface area contributed by atoms with Crippen LogP contribution in [0.2, 0.25) is 0 Å². The van der Waals surface area contributed by atoms with Gasteiger partial charge in [0.2, 0.25) is 11.6 Å². The first-order valence-corrected chi connectivity index (χ1v) is 11.4. The van der Waals surface area contributed by atoms with Crippen molar-refractivity contribution in [3.63, 3.8) is 0 Å². The molecule has 0 spiro atoms. The van der Waals surface area contributed by atoms with Crippen LogP contribution in [0.25, 0.3) is 23.7 Å². The molecule has 0 amide bonds. The van der Waals surface area contributed by atoms with E-state index in [-0.39, 0.29) is 35.5 Å². The molecule has 0 radical (unpaired) electrons. The molecule has 0 aliphatic carbocycles. The second kappa shape index (κ2) is 9.89. The van der Waals surface area contributed by atoms with E-state index in [0.717, 1.165) is 0 Å². The molecule has 0 atom stereocenters. The van der Waals surface area contributed by atoms with E-state index in [0.29, 0.717) is 72.4 Å². The number of aromatic amines is 2. The van der Waals surface area contributed by atoms with Crippen LogP contribution in [0.15, 0.2) is 9.59 Å². The van der Waals surface area contributed by atoms with Gasteiger partial charge >= 0.3 is 0 Å². The molecule has 4 rings (SSSR count). The SMILES string of the molecule is CCC(=O)C/C=c1\[nH]c2nnc(CCCCc3nnc4[nH]/c(=C\CC(=O)CC)c(=O)n34)n2c1=O. The van der Waals surface area contributed by atoms with E-state index in [9.17, 15) is 19.2 Å².